The number of esters is 1. The predicted octanol–water partition coefficient (Wildman–Crippen LogP) is 0.505. The van der Waals surface area contributed by atoms with Gasteiger partial charge in [-0.15, -0.1) is 10.2 Å². The Hall–Kier alpha value is -1.21. The van der Waals surface area contributed by atoms with Crippen LogP contribution >= 0.6 is 11.3 Å². The second kappa shape index (κ2) is 5.42. The molecule has 2 heterocycles. The van der Waals surface area contributed by atoms with Gasteiger partial charge in [0.2, 0.25) is 5.13 Å². The van der Waals surface area contributed by atoms with E-state index in [-0.39, 0.29) is 11.9 Å². The van der Waals surface area contributed by atoms with Crippen LogP contribution in [-0.4, -0.2) is 41.3 Å². The second-order valence-corrected chi connectivity index (χ2v) is 5.20. The van der Waals surface area contributed by atoms with E-state index in [1.165, 1.54) is 18.4 Å². The standard InChI is InChI=1S/C10H16N4O2S/c1-16-9(15)7-2-4-14(5-3-7)6-8-12-13-10(11)17-8/h7H,2-6H2,1H3,(H2,11,13). The fraction of sp³-hybridized carbons (Fsp3) is 0.700. The molecule has 0 amide bonds. The minimum atomic E-state index is -0.0928. The van der Waals surface area contributed by atoms with Crippen LogP contribution < -0.4 is 5.73 Å². The number of nitrogens with two attached hydrogens (primary N) is 1. The van der Waals surface area contributed by atoms with Gasteiger partial charge < -0.3 is 10.5 Å². The van der Waals surface area contributed by atoms with Crippen molar-refractivity contribution in [1.82, 2.24) is 15.1 Å². The fourth-order valence-corrected chi connectivity index (χ4v) is 2.67. The number of likely N-dealkylation sites (tertiary alicyclic amines) is 1. The summed E-state index contributed by atoms with van der Waals surface area (Å²) in [6, 6.07) is 0. The Morgan fingerprint density at radius 3 is 2.76 bits per heavy atom. The molecule has 0 aliphatic carbocycles. The average molecular weight is 256 g/mol. The molecule has 17 heavy (non-hydrogen) atoms. The van der Waals surface area contributed by atoms with Crippen LogP contribution in [0.4, 0.5) is 5.13 Å². The first-order valence-electron chi connectivity index (χ1n) is 5.57. The Bertz CT molecular complexity index is 387. The van der Waals surface area contributed by atoms with Gasteiger partial charge in [0.1, 0.15) is 5.01 Å². The van der Waals surface area contributed by atoms with E-state index in [4.69, 9.17) is 10.5 Å². The molecule has 1 saturated heterocycles. The Morgan fingerprint density at radius 1 is 1.53 bits per heavy atom. The lowest BCUT2D eigenvalue weighted by Crippen LogP contribution is -2.36. The summed E-state index contributed by atoms with van der Waals surface area (Å²) in [5.41, 5.74) is 5.53. The van der Waals surface area contributed by atoms with Crippen molar-refractivity contribution in [3.8, 4) is 0 Å². The van der Waals surface area contributed by atoms with Gasteiger partial charge in [-0.3, -0.25) is 9.69 Å². The van der Waals surface area contributed by atoms with E-state index in [9.17, 15) is 4.79 Å². The fourth-order valence-electron chi connectivity index (χ4n) is 2.02. The Labute approximate surface area is 104 Å². The third-order valence-corrected chi connectivity index (χ3v) is 3.70. The Kier molecular flexibility index (Phi) is 3.90. The van der Waals surface area contributed by atoms with Crippen molar-refractivity contribution >= 4 is 22.4 Å². The summed E-state index contributed by atoms with van der Waals surface area (Å²) >= 11 is 1.42. The Balaban J connectivity index is 1.81. The smallest absolute Gasteiger partial charge is 0.308 e. The SMILES string of the molecule is COC(=O)C1CCN(Cc2nnc(N)s2)CC1. The number of carbonyl (C=O) groups excluding carboxylic acids is 1. The molecule has 0 bridgehead atoms. The van der Waals surface area contributed by atoms with E-state index in [0.717, 1.165) is 37.5 Å². The van der Waals surface area contributed by atoms with Gasteiger partial charge in [0.25, 0.3) is 0 Å². The van der Waals surface area contributed by atoms with Crippen LogP contribution in [0.15, 0.2) is 0 Å². The lowest BCUT2D eigenvalue weighted by atomic mass is 9.97. The van der Waals surface area contributed by atoms with E-state index < -0.39 is 0 Å². The zero-order valence-corrected chi connectivity index (χ0v) is 10.6. The minimum Gasteiger partial charge on any atom is -0.469 e. The largest absolute Gasteiger partial charge is 0.469 e. The van der Waals surface area contributed by atoms with Gasteiger partial charge in [0, 0.05) is 0 Å². The van der Waals surface area contributed by atoms with Gasteiger partial charge in [0.05, 0.1) is 19.6 Å². The summed E-state index contributed by atoms with van der Waals surface area (Å²) in [7, 11) is 1.44. The molecule has 2 N–H and O–H groups in total. The van der Waals surface area contributed by atoms with Crippen molar-refractivity contribution in [2.45, 2.75) is 19.4 Å². The first-order valence-corrected chi connectivity index (χ1v) is 6.38. The first-order chi connectivity index (χ1) is 8.19. The number of piperidine rings is 1. The maximum atomic E-state index is 11.4. The monoisotopic (exact) mass is 256 g/mol. The van der Waals surface area contributed by atoms with Gasteiger partial charge in [-0.05, 0) is 25.9 Å². The number of nitrogens with zero attached hydrogens (tertiary/aromatic N) is 3. The zero-order chi connectivity index (χ0) is 12.3. The minimum absolute atomic E-state index is 0.0516. The molecular formula is C10H16N4O2S. The van der Waals surface area contributed by atoms with Crippen molar-refractivity contribution < 1.29 is 9.53 Å². The lowest BCUT2D eigenvalue weighted by Gasteiger charge is -2.29. The molecule has 0 spiro atoms. The number of ether oxygens (including phenoxy) is 1. The number of carbonyl (C=O) groups is 1. The van der Waals surface area contributed by atoms with Crippen molar-refractivity contribution in [3.63, 3.8) is 0 Å². The second-order valence-electron chi connectivity index (χ2n) is 4.11. The number of hydrogen-bond acceptors (Lipinski definition) is 7. The molecule has 0 saturated carbocycles. The average Bonchev–Trinajstić information content (AvgIpc) is 2.75. The number of aromatic nitrogens is 2. The summed E-state index contributed by atoms with van der Waals surface area (Å²) in [6.07, 6.45) is 1.70. The van der Waals surface area contributed by atoms with Crippen LogP contribution in [0, 0.1) is 5.92 Å². The van der Waals surface area contributed by atoms with Crippen molar-refractivity contribution in [2.24, 2.45) is 5.92 Å². The number of hydrogen-bond donors (Lipinski definition) is 1. The molecule has 1 fully saturated rings. The molecule has 2 rings (SSSR count). The highest BCUT2D eigenvalue weighted by Gasteiger charge is 2.25. The maximum Gasteiger partial charge on any atom is 0.308 e. The van der Waals surface area contributed by atoms with Gasteiger partial charge >= 0.3 is 5.97 Å². The third kappa shape index (κ3) is 3.13. The summed E-state index contributed by atoms with van der Waals surface area (Å²) in [5.74, 6) is -0.0412. The molecule has 1 aliphatic heterocycles. The number of rotatable bonds is 3. The number of nitrogen functional groups attached to an aromatic ring is 1. The number of methoxy groups -OCH3 is 1. The summed E-state index contributed by atoms with van der Waals surface area (Å²) in [6.45, 7) is 2.54. The van der Waals surface area contributed by atoms with Gasteiger partial charge in [0.15, 0.2) is 0 Å². The highest BCUT2D eigenvalue weighted by atomic mass is 32.1. The van der Waals surface area contributed by atoms with E-state index in [2.05, 4.69) is 15.1 Å². The highest BCUT2D eigenvalue weighted by molar-refractivity contribution is 7.15. The molecule has 6 nitrogen and oxygen atoms in total. The van der Waals surface area contributed by atoms with Crippen LogP contribution in [0.1, 0.15) is 17.8 Å². The van der Waals surface area contributed by atoms with Crippen LogP contribution in [0.25, 0.3) is 0 Å². The molecule has 1 aromatic rings. The van der Waals surface area contributed by atoms with Crippen LogP contribution in [-0.2, 0) is 16.1 Å². The van der Waals surface area contributed by atoms with Crippen molar-refractivity contribution in [1.29, 1.82) is 0 Å². The molecule has 0 unspecified atom stereocenters. The highest BCUT2D eigenvalue weighted by Crippen LogP contribution is 2.21. The molecule has 0 aromatic carbocycles. The van der Waals surface area contributed by atoms with E-state index in [1.54, 1.807) is 0 Å². The van der Waals surface area contributed by atoms with Crippen LogP contribution in [0.2, 0.25) is 0 Å². The molecule has 1 aromatic heterocycles. The normalized spacial score (nSPS) is 18.2. The number of anilines is 1. The van der Waals surface area contributed by atoms with Gasteiger partial charge in [-0.1, -0.05) is 11.3 Å². The molecular weight excluding hydrogens is 240 g/mol. The third-order valence-electron chi connectivity index (χ3n) is 2.96. The Morgan fingerprint density at radius 2 is 2.24 bits per heavy atom. The van der Waals surface area contributed by atoms with Gasteiger partial charge in [-0.2, -0.15) is 0 Å². The molecule has 0 radical (unpaired) electrons. The summed E-state index contributed by atoms with van der Waals surface area (Å²) in [5, 5.41) is 9.21. The summed E-state index contributed by atoms with van der Waals surface area (Å²) < 4.78 is 4.75. The molecule has 7 heteroatoms. The van der Waals surface area contributed by atoms with Crippen LogP contribution in [0.5, 0.6) is 0 Å². The van der Waals surface area contributed by atoms with Crippen molar-refractivity contribution in [3.05, 3.63) is 5.01 Å². The van der Waals surface area contributed by atoms with Gasteiger partial charge in [-0.25, -0.2) is 0 Å². The topological polar surface area (TPSA) is 81.3 Å². The lowest BCUT2D eigenvalue weighted by molar-refractivity contribution is -0.147. The van der Waals surface area contributed by atoms with Crippen LogP contribution in [0.3, 0.4) is 0 Å². The summed E-state index contributed by atoms with van der Waals surface area (Å²) in [4.78, 5) is 13.6. The van der Waals surface area contributed by atoms with E-state index >= 15 is 0 Å². The quantitative estimate of drug-likeness (QED) is 0.793. The molecule has 1 aliphatic rings. The van der Waals surface area contributed by atoms with Crippen molar-refractivity contribution in [2.75, 3.05) is 25.9 Å². The zero-order valence-electron chi connectivity index (χ0n) is 9.76. The van der Waals surface area contributed by atoms with E-state index in [0.29, 0.717) is 5.13 Å². The maximum absolute atomic E-state index is 11.4. The van der Waals surface area contributed by atoms with E-state index in [1.807, 2.05) is 0 Å². The molecule has 94 valence electrons. The first kappa shape index (κ1) is 12.3. The predicted molar refractivity (Wildman–Crippen MR) is 64.3 cm³/mol. The molecule has 0 atom stereocenters.